The smallest absolute Gasteiger partial charge is 0.255 e. The van der Waals surface area contributed by atoms with Crippen LogP contribution in [0.3, 0.4) is 0 Å². The van der Waals surface area contributed by atoms with E-state index in [0.29, 0.717) is 35.5 Å². The van der Waals surface area contributed by atoms with E-state index in [1.807, 2.05) is 9.80 Å². The summed E-state index contributed by atoms with van der Waals surface area (Å²) in [6.07, 6.45) is 4.61. The third kappa shape index (κ3) is 3.97. The molecule has 1 aromatic carbocycles. The highest BCUT2D eigenvalue weighted by atomic mass is 79.9. The number of benzene rings is 1. The molecule has 2 saturated heterocycles. The Hall–Kier alpha value is -1.43. The van der Waals surface area contributed by atoms with Crippen LogP contribution in [0.15, 0.2) is 22.7 Å². The lowest BCUT2D eigenvalue weighted by Crippen LogP contribution is -2.44. The second-order valence-corrected chi connectivity index (χ2v) is 7.51. The number of hydrogen-bond acceptors (Lipinski definition) is 2. The van der Waals surface area contributed by atoms with Gasteiger partial charge in [-0.15, -0.1) is 0 Å². The molecule has 24 heavy (non-hydrogen) atoms. The van der Waals surface area contributed by atoms with Crippen molar-refractivity contribution < 1.29 is 14.0 Å². The number of carbonyl (C=O) groups excluding carboxylic acids is 2. The van der Waals surface area contributed by atoms with Gasteiger partial charge in [-0.25, -0.2) is 4.39 Å². The summed E-state index contributed by atoms with van der Waals surface area (Å²) in [6, 6.07) is 4.16. The van der Waals surface area contributed by atoms with Crippen molar-refractivity contribution in [2.24, 2.45) is 5.92 Å². The second kappa shape index (κ2) is 7.64. The van der Waals surface area contributed by atoms with Crippen molar-refractivity contribution in [2.75, 3.05) is 26.2 Å². The number of nitrogens with zero attached hydrogens (tertiary/aromatic N) is 2. The Labute approximate surface area is 150 Å². The molecule has 6 heteroatoms. The van der Waals surface area contributed by atoms with Gasteiger partial charge in [-0.05, 0) is 65.7 Å². The zero-order valence-electron chi connectivity index (χ0n) is 13.6. The maximum Gasteiger partial charge on any atom is 0.255 e. The maximum absolute atomic E-state index is 13.2. The predicted octanol–water partition coefficient (Wildman–Crippen LogP) is 3.45. The van der Waals surface area contributed by atoms with Crippen LogP contribution in [0.2, 0.25) is 0 Å². The quantitative estimate of drug-likeness (QED) is 0.784. The third-order valence-corrected chi connectivity index (χ3v) is 5.62. The van der Waals surface area contributed by atoms with Crippen molar-refractivity contribution in [3.05, 3.63) is 34.1 Å². The molecular weight excluding hydrogens is 375 g/mol. The van der Waals surface area contributed by atoms with Crippen molar-refractivity contribution in [2.45, 2.75) is 32.1 Å². The van der Waals surface area contributed by atoms with Gasteiger partial charge in [-0.2, -0.15) is 0 Å². The minimum absolute atomic E-state index is 0.0608. The van der Waals surface area contributed by atoms with E-state index in [1.165, 1.54) is 18.2 Å². The van der Waals surface area contributed by atoms with E-state index in [0.717, 1.165) is 38.8 Å². The van der Waals surface area contributed by atoms with Crippen LogP contribution in [-0.2, 0) is 4.79 Å². The number of halogens is 2. The molecule has 3 rings (SSSR count). The molecule has 0 N–H and O–H groups in total. The Bertz CT molecular complexity index is 629. The summed E-state index contributed by atoms with van der Waals surface area (Å²) in [7, 11) is 0. The summed E-state index contributed by atoms with van der Waals surface area (Å²) < 4.78 is 13.7. The van der Waals surface area contributed by atoms with E-state index < -0.39 is 0 Å². The Morgan fingerprint density at radius 1 is 1.21 bits per heavy atom. The molecule has 2 amide bonds. The first-order valence-corrected chi connectivity index (χ1v) is 9.36. The van der Waals surface area contributed by atoms with Gasteiger partial charge in [0.15, 0.2) is 0 Å². The van der Waals surface area contributed by atoms with Gasteiger partial charge in [0.25, 0.3) is 5.91 Å². The lowest BCUT2D eigenvalue weighted by atomic mass is 9.94. The Morgan fingerprint density at radius 3 is 2.62 bits per heavy atom. The highest BCUT2D eigenvalue weighted by molar-refractivity contribution is 9.10. The number of likely N-dealkylation sites (tertiary alicyclic amines) is 2. The standard InChI is InChI=1S/C18H22BrFN2O2/c19-16-11-14(20)4-5-15(16)18(24)21-9-6-13(7-10-21)12-22-8-2-1-3-17(22)23/h4-5,11,13H,1-3,6-10,12H2. The van der Waals surface area contributed by atoms with Gasteiger partial charge >= 0.3 is 0 Å². The van der Waals surface area contributed by atoms with E-state index in [1.54, 1.807) is 0 Å². The molecule has 130 valence electrons. The van der Waals surface area contributed by atoms with Crippen molar-refractivity contribution >= 4 is 27.7 Å². The maximum atomic E-state index is 13.2. The van der Waals surface area contributed by atoms with E-state index in [4.69, 9.17) is 0 Å². The van der Waals surface area contributed by atoms with Crippen molar-refractivity contribution in [3.8, 4) is 0 Å². The zero-order valence-corrected chi connectivity index (χ0v) is 15.2. The van der Waals surface area contributed by atoms with Crippen LogP contribution >= 0.6 is 15.9 Å². The number of piperidine rings is 2. The summed E-state index contributed by atoms with van der Waals surface area (Å²) in [4.78, 5) is 28.3. The fourth-order valence-corrected chi connectivity index (χ4v) is 4.04. The van der Waals surface area contributed by atoms with Crippen LogP contribution in [0, 0.1) is 11.7 Å². The molecule has 0 aliphatic carbocycles. The summed E-state index contributed by atoms with van der Waals surface area (Å²) in [6.45, 7) is 3.08. The van der Waals surface area contributed by atoms with Crippen molar-refractivity contribution in [1.82, 2.24) is 9.80 Å². The van der Waals surface area contributed by atoms with Gasteiger partial charge in [0.05, 0.1) is 5.56 Å². The van der Waals surface area contributed by atoms with E-state index in [9.17, 15) is 14.0 Å². The Kier molecular flexibility index (Phi) is 5.54. The highest BCUT2D eigenvalue weighted by Gasteiger charge is 2.28. The van der Waals surface area contributed by atoms with Crippen LogP contribution in [0.25, 0.3) is 0 Å². The molecule has 0 radical (unpaired) electrons. The Morgan fingerprint density at radius 2 is 1.96 bits per heavy atom. The van der Waals surface area contributed by atoms with Crippen LogP contribution in [-0.4, -0.2) is 47.8 Å². The molecule has 0 atom stereocenters. The molecule has 2 fully saturated rings. The topological polar surface area (TPSA) is 40.6 Å². The van der Waals surface area contributed by atoms with Gasteiger partial charge in [0, 0.05) is 37.1 Å². The molecule has 2 aliphatic rings. The SMILES string of the molecule is O=C1CCCCN1CC1CCN(C(=O)c2ccc(F)cc2Br)CC1. The molecule has 0 spiro atoms. The van der Waals surface area contributed by atoms with Crippen LogP contribution < -0.4 is 0 Å². The molecule has 0 aromatic heterocycles. The first-order valence-electron chi connectivity index (χ1n) is 8.56. The predicted molar refractivity (Wildman–Crippen MR) is 93.2 cm³/mol. The fraction of sp³-hybridized carbons (Fsp3) is 0.556. The lowest BCUT2D eigenvalue weighted by molar-refractivity contribution is -0.134. The first-order chi connectivity index (χ1) is 11.5. The summed E-state index contributed by atoms with van der Waals surface area (Å²) in [5, 5.41) is 0. The minimum Gasteiger partial charge on any atom is -0.342 e. The average molecular weight is 397 g/mol. The number of amides is 2. The van der Waals surface area contributed by atoms with Crippen LogP contribution in [0.5, 0.6) is 0 Å². The summed E-state index contributed by atoms with van der Waals surface area (Å²) in [5.41, 5.74) is 0.501. The monoisotopic (exact) mass is 396 g/mol. The average Bonchev–Trinajstić information content (AvgIpc) is 2.57. The largest absolute Gasteiger partial charge is 0.342 e. The fourth-order valence-electron chi connectivity index (χ4n) is 3.52. The van der Waals surface area contributed by atoms with E-state index >= 15 is 0 Å². The van der Waals surface area contributed by atoms with Gasteiger partial charge in [-0.3, -0.25) is 9.59 Å². The number of carbonyl (C=O) groups is 2. The van der Waals surface area contributed by atoms with E-state index in [2.05, 4.69) is 15.9 Å². The van der Waals surface area contributed by atoms with Crippen LogP contribution in [0.1, 0.15) is 42.5 Å². The molecule has 0 bridgehead atoms. The normalized spacial score (nSPS) is 19.7. The molecule has 1 aromatic rings. The number of rotatable bonds is 3. The molecule has 4 nitrogen and oxygen atoms in total. The summed E-state index contributed by atoms with van der Waals surface area (Å²) >= 11 is 3.27. The second-order valence-electron chi connectivity index (χ2n) is 6.66. The summed E-state index contributed by atoms with van der Waals surface area (Å²) in [5.74, 6) is 0.320. The minimum atomic E-state index is -0.358. The Balaban J connectivity index is 1.54. The van der Waals surface area contributed by atoms with Crippen LogP contribution in [0.4, 0.5) is 4.39 Å². The van der Waals surface area contributed by atoms with Gasteiger partial charge in [0.1, 0.15) is 5.82 Å². The van der Waals surface area contributed by atoms with Gasteiger partial charge in [-0.1, -0.05) is 0 Å². The first kappa shape index (κ1) is 17.4. The lowest BCUT2D eigenvalue weighted by Gasteiger charge is -2.36. The highest BCUT2D eigenvalue weighted by Crippen LogP contribution is 2.25. The zero-order chi connectivity index (χ0) is 17.1. The molecule has 2 aliphatic heterocycles. The van der Waals surface area contributed by atoms with Crippen molar-refractivity contribution in [3.63, 3.8) is 0 Å². The van der Waals surface area contributed by atoms with Crippen molar-refractivity contribution in [1.29, 1.82) is 0 Å². The third-order valence-electron chi connectivity index (χ3n) is 4.96. The molecule has 0 saturated carbocycles. The number of hydrogen-bond donors (Lipinski definition) is 0. The van der Waals surface area contributed by atoms with Gasteiger partial charge < -0.3 is 9.80 Å². The van der Waals surface area contributed by atoms with Gasteiger partial charge in [0.2, 0.25) is 5.91 Å². The van der Waals surface area contributed by atoms with E-state index in [-0.39, 0.29) is 17.6 Å². The molecule has 2 heterocycles. The molecular formula is C18H22BrFN2O2. The molecule has 0 unspecified atom stereocenters.